The van der Waals surface area contributed by atoms with Crippen LogP contribution in [0.2, 0.25) is 0 Å². The van der Waals surface area contributed by atoms with Crippen LogP contribution >= 0.6 is 0 Å². The highest BCUT2D eigenvalue weighted by Gasteiger charge is 2.28. The van der Waals surface area contributed by atoms with Gasteiger partial charge in [0.1, 0.15) is 0 Å². The van der Waals surface area contributed by atoms with Crippen molar-refractivity contribution >= 4 is 11.4 Å². The second-order valence-corrected chi connectivity index (χ2v) is 5.41. The molecule has 0 spiro atoms. The number of fused-ring (bicyclic) bond motifs is 2. The lowest BCUT2D eigenvalue weighted by molar-refractivity contribution is 0.342. The molecule has 0 unspecified atom stereocenters. The molecule has 4 rings (SSSR count). The summed E-state index contributed by atoms with van der Waals surface area (Å²) < 4.78 is 0. The molecule has 2 aromatic rings. The number of benzene rings is 2. The second-order valence-electron chi connectivity index (χ2n) is 5.41. The molecule has 2 aliphatic rings. The summed E-state index contributed by atoms with van der Waals surface area (Å²) in [5.74, 6) is 0. The zero-order valence-corrected chi connectivity index (χ0v) is 11.0. The van der Waals surface area contributed by atoms with Crippen LogP contribution in [0.3, 0.4) is 0 Å². The van der Waals surface area contributed by atoms with Crippen molar-refractivity contribution < 1.29 is 0 Å². The average molecular weight is 250 g/mol. The summed E-state index contributed by atoms with van der Waals surface area (Å²) in [6.07, 6.45) is 3.67. The van der Waals surface area contributed by atoms with Gasteiger partial charge in [0.2, 0.25) is 0 Å². The van der Waals surface area contributed by atoms with Crippen LogP contribution in [0.15, 0.2) is 48.5 Å². The van der Waals surface area contributed by atoms with Gasteiger partial charge in [0.15, 0.2) is 0 Å². The highest BCUT2D eigenvalue weighted by Crippen LogP contribution is 2.40. The molecule has 2 aliphatic heterocycles. The van der Waals surface area contributed by atoms with Crippen molar-refractivity contribution in [2.75, 3.05) is 18.1 Å². The predicted molar refractivity (Wildman–Crippen MR) is 78.6 cm³/mol. The van der Waals surface area contributed by atoms with Gasteiger partial charge in [-0.15, -0.1) is 0 Å². The van der Waals surface area contributed by atoms with E-state index in [9.17, 15) is 0 Å². The molecule has 1 fully saturated rings. The number of hydrogen-bond acceptors (Lipinski definition) is 2. The Kier molecular flexibility index (Phi) is 2.56. The molecule has 96 valence electrons. The SMILES string of the molecule is c1ccc2c(c1)Cc1ccccc1N2N1CCCC1. The van der Waals surface area contributed by atoms with Crippen LogP contribution in [0.1, 0.15) is 24.0 Å². The lowest BCUT2D eigenvalue weighted by atomic mass is 9.97. The molecular formula is C17H18N2. The molecule has 0 aromatic heterocycles. The van der Waals surface area contributed by atoms with Crippen LogP contribution in [0, 0.1) is 0 Å². The van der Waals surface area contributed by atoms with Crippen molar-refractivity contribution in [1.82, 2.24) is 5.01 Å². The molecule has 0 saturated carbocycles. The van der Waals surface area contributed by atoms with Crippen LogP contribution in [0.5, 0.6) is 0 Å². The van der Waals surface area contributed by atoms with Crippen molar-refractivity contribution in [2.45, 2.75) is 19.3 Å². The first kappa shape index (κ1) is 11.1. The minimum atomic E-state index is 1.05. The van der Waals surface area contributed by atoms with Crippen molar-refractivity contribution in [1.29, 1.82) is 0 Å². The molecule has 19 heavy (non-hydrogen) atoms. The van der Waals surface area contributed by atoms with E-state index in [-0.39, 0.29) is 0 Å². The Hall–Kier alpha value is -1.80. The third kappa shape index (κ3) is 1.75. The van der Waals surface area contributed by atoms with Crippen molar-refractivity contribution in [3.8, 4) is 0 Å². The van der Waals surface area contributed by atoms with Crippen molar-refractivity contribution in [3.05, 3.63) is 59.7 Å². The smallest absolute Gasteiger partial charge is 0.0615 e. The standard InChI is InChI=1S/C17H18N2/c1-3-9-16-14(7-1)13-15-8-2-4-10-17(15)19(16)18-11-5-6-12-18/h1-4,7-10H,5-6,11-13H2. The molecular weight excluding hydrogens is 232 g/mol. The van der Waals surface area contributed by atoms with Crippen LogP contribution < -0.4 is 5.01 Å². The Morgan fingerprint density at radius 1 is 0.684 bits per heavy atom. The normalized spacial score (nSPS) is 18.2. The zero-order valence-electron chi connectivity index (χ0n) is 11.0. The second kappa shape index (κ2) is 4.39. The van der Waals surface area contributed by atoms with Crippen molar-refractivity contribution in [3.63, 3.8) is 0 Å². The number of nitrogens with zero attached hydrogens (tertiary/aromatic N) is 2. The van der Waals surface area contributed by atoms with E-state index in [4.69, 9.17) is 0 Å². The summed E-state index contributed by atoms with van der Waals surface area (Å²) in [4.78, 5) is 0. The fourth-order valence-corrected chi connectivity index (χ4v) is 3.27. The number of rotatable bonds is 1. The lowest BCUT2D eigenvalue weighted by Gasteiger charge is -2.39. The molecule has 0 amide bonds. The van der Waals surface area contributed by atoms with E-state index in [1.54, 1.807) is 0 Å². The van der Waals surface area contributed by atoms with Crippen LogP contribution in [0.25, 0.3) is 0 Å². The summed E-state index contributed by atoms with van der Waals surface area (Å²) in [5.41, 5.74) is 5.60. The van der Waals surface area contributed by atoms with Gasteiger partial charge in [0.05, 0.1) is 11.4 Å². The van der Waals surface area contributed by atoms with E-state index in [1.165, 1.54) is 48.4 Å². The molecule has 2 aromatic carbocycles. The van der Waals surface area contributed by atoms with E-state index in [2.05, 4.69) is 58.5 Å². The summed E-state index contributed by atoms with van der Waals surface area (Å²) >= 11 is 0. The van der Waals surface area contributed by atoms with Gasteiger partial charge in [-0.05, 0) is 36.1 Å². The Morgan fingerprint density at radius 2 is 1.21 bits per heavy atom. The highest BCUT2D eigenvalue weighted by molar-refractivity contribution is 5.73. The number of hydrogen-bond donors (Lipinski definition) is 0. The molecule has 0 N–H and O–H groups in total. The van der Waals surface area contributed by atoms with Gasteiger partial charge in [0, 0.05) is 19.5 Å². The summed E-state index contributed by atoms with van der Waals surface area (Å²) in [7, 11) is 0. The molecule has 2 heteroatoms. The lowest BCUT2D eigenvalue weighted by Crippen LogP contribution is -2.39. The first-order valence-electron chi connectivity index (χ1n) is 7.14. The van der Waals surface area contributed by atoms with E-state index >= 15 is 0 Å². The largest absolute Gasteiger partial charge is 0.274 e. The quantitative estimate of drug-likeness (QED) is 0.760. The average Bonchev–Trinajstić information content (AvgIpc) is 2.98. The first-order chi connectivity index (χ1) is 9.43. The number of anilines is 2. The Balaban J connectivity index is 1.87. The minimum absolute atomic E-state index is 1.05. The third-order valence-corrected chi connectivity index (χ3v) is 4.19. The molecule has 2 nitrogen and oxygen atoms in total. The summed E-state index contributed by atoms with van der Waals surface area (Å²) in [5, 5.41) is 4.94. The number of para-hydroxylation sites is 2. The van der Waals surface area contributed by atoms with Gasteiger partial charge in [-0.2, -0.15) is 0 Å². The predicted octanol–water partition coefficient (Wildman–Crippen LogP) is 3.74. The zero-order chi connectivity index (χ0) is 12.7. The van der Waals surface area contributed by atoms with Gasteiger partial charge in [-0.1, -0.05) is 36.4 Å². The monoisotopic (exact) mass is 250 g/mol. The Labute approximate surface area is 114 Å². The molecule has 0 atom stereocenters. The van der Waals surface area contributed by atoms with Crippen molar-refractivity contribution in [2.24, 2.45) is 0 Å². The first-order valence-corrected chi connectivity index (χ1v) is 7.14. The molecule has 0 radical (unpaired) electrons. The summed E-state index contributed by atoms with van der Waals surface area (Å²) in [6.45, 7) is 2.34. The van der Waals surface area contributed by atoms with Gasteiger partial charge in [-0.25, -0.2) is 5.01 Å². The maximum Gasteiger partial charge on any atom is 0.0615 e. The maximum absolute atomic E-state index is 2.50. The molecule has 2 heterocycles. The summed E-state index contributed by atoms with van der Waals surface area (Å²) in [6, 6.07) is 17.6. The molecule has 1 saturated heterocycles. The van der Waals surface area contributed by atoms with E-state index in [0.717, 1.165) is 6.42 Å². The van der Waals surface area contributed by atoms with E-state index < -0.39 is 0 Å². The topological polar surface area (TPSA) is 6.48 Å². The van der Waals surface area contributed by atoms with Crippen LogP contribution in [-0.4, -0.2) is 18.1 Å². The molecule has 0 bridgehead atoms. The van der Waals surface area contributed by atoms with Gasteiger partial charge in [-0.3, -0.25) is 5.01 Å². The van der Waals surface area contributed by atoms with Gasteiger partial charge in [0.25, 0.3) is 0 Å². The van der Waals surface area contributed by atoms with Crippen LogP contribution in [-0.2, 0) is 6.42 Å². The fraction of sp³-hybridized carbons (Fsp3) is 0.294. The van der Waals surface area contributed by atoms with Gasteiger partial charge >= 0.3 is 0 Å². The highest BCUT2D eigenvalue weighted by atomic mass is 15.6. The number of hydrazine groups is 1. The van der Waals surface area contributed by atoms with E-state index in [1.807, 2.05) is 0 Å². The van der Waals surface area contributed by atoms with E-state index in [0.29, 0.717) is 0 Å². The Bertz CT molecular complexity index is 554. The molecule has 0 aliphatic carbocycles. The third-order valence-electron chi connectivity index (χ3n) is 4.19. The fourth-order valence-electron chi connectivity index (χ4n) is 3.27. The Morgan fingerprint density at radius 3 is 1.79 bits per heavy atom. The van der Waals surface area contributed by atoms with Gasteiger partial charge < -0.3 is 0 Å². The maximum atomic E-state index is 2.50. The van der Waals surface area contributed by atoms with Crippen LogP contribution in [0.4, 0.5) is 11.4 Å². The minimum Gasteiger partial charge on any atom is -0.274 e.